The van der Waals surface area contributed by atoms with Gasteiger partial charge >= 0.3 is 0 Å². The van der Waals surface area contributed by atoms with E-state index in [1.165, 1.54) is 6.07 Å². The molecule has 1 aromatic carbocycles. The summed E-state index contributed by atoms with van der Waals surface area (Å²) in [7, 11) is -3.53. The van der Waals surface area contributed by atoms with Crippen LogP contribution in [-0.2, 0) is 10.0 Å². The highest BCUT2D eigenvalue weighted by Gasteiger charge is 2.17. The molecule has 0 atom stereocenters. The fraction of sp³-hybridized carbons (Fsp3) is 0.538. The van der Waals surface area contributed by atoms with Crippen molar-refractivity contribution in [2.24, 2.45) is 5.84 Å². The lowest BCUT2D eigenvalue weighted by atomic mass is 10.3. The van der Waals surface area contributed by atoms with Gasteiger partial charge < -0.3 is 10.3 Å². The Kier molecular flexibility index (Phi) is 6.94. The van der Waals surface area contributed by atoms with Gasteiger partial charge in [-0.25, -0.2) is 13.1 Å². The largest absolute Gasteiger partial charge is 0.323 e. The maximum atomic E-state index is 12.2. The first-order valence-electron chi connectivity index (χ1n) is 6.82. The minimum absolute atomic E-state index is 0.172. The molecule has 1 rings (SSSR count). The molecule has 20 heavy (non-hydrogen) atoms. The third-order valence-corrected chi connectivity index (χ3v) is 4.69. The Balaban J connectivity index is 2.58. The quantitative estimate of drug-likeness (QED) is 0.359. The molecule has 4 N–H and O–H groups in total. The molecule has 0 heterocycles. The summed E-state index contributed by atoms with van der Waals surface area (Å²) >= 11 is 0. The number of nitrogens with zero attached hydrogens (tertiary/aromatic N) is 1. The molecule has 0 spiro atoms. The minimum Gasteiger partial charge on any atom is -0.323 e. The number of nitrogen functional groups attached to an aromatic ring is 1. The highest BCUT2D eigenvalue weighted by molar-refractivity contribution is 7.89. The van der Waals surface area contributed by atoms with Crippen LogP contribution in [0.4, 0.5) is 5.69 Å². The van der Waals surface area contributed by atoms with Gasteiger partial charge in [-0.15, -0.1) is 0 Å². The van der Waals surface area contributed by atoms with Gasteiger partial charge in [0.05, 0.1) is 5.69 Å². The van der Waals surface area contributed by atoms with Crippen molar-refractivity contribution in [2.45, 2.75) is 25.2 Å². The Bertz CT molecular complexity index is 501. The number of nitrogens with one attached hydrogen (secondary N) is 2. The van der Waals surface area contributed by atoms with Gasteiger partial charge in [0.15, 0.2) is 0 Å². The van der Waals surface area contributed by atoms with Gasteiger partial charge in [-0.05, 0) is 38.2 Å². The average molecular weight is 300 g/mol. The highest BCUT2D eigenvalue weighted by atomic mass is 32.2. The number of hydrogen-bond donors (Lipinski definition) is 3. The first-order chi connectivity index (χ1) is 9.55. The molecule has 0 bridgehead atoms. The Labute approximate surface area is 121 Å². The maximum Gasteiger partial charge on any atom is 0.242 e. The van der Waals surface area contributed by atoms with Crippen LogP contribution in [0.25, 0.3) is 0 Å². The number of rotatable bonds is 9. The van der Waals surface area contributed by atoms with E-state index >= 15 is 0 Å². The van der Waals surface area contributed by atoms with Crippen LogP contribution in [0.1, 0.15) is 20.3 Å². The number of anilines is 1. The summed E-state index contributed by atoms with van der Waals surface area (Å²) in [6.07, 6.45) is 0.777. The van der Waals surface area contributed by atoms with Crippen molar-refractivity contribution >= 4 is 15.7 Å². The van der Waals surface area contributed by atoms with Crippen LogP contribution in [0, 0.1) is 0 Å². The van der Waals surface area contributed by atoms with Gasteiger partial charge in [0.2, 0.25) is 10.0 Å². The Morgan fingerprint density at radius 1 is 1.20 bits per heavy atom. The first-order valence-corrected chi connectivity index (χ1v) is 8.31. The number of hydrazine groups is 1. The third kappa shape index (κ3) is 4.75. The zero-order valence-corrected chi connectivity index (χ0v) is 12.9. The third-order valence-electron chi connectivity index (χ3n) is 3.17. The Morgan fingerprint density at radius 2 is 1.85 bits per heavy atom. The number of benzene rings is 1. The molecule has 0 fully saturated rings. The van der Waals surface area contributed by atoms with Gasteiger partial charge in [0.25, 0.3) is 0 Å². The van der Waals surface area contributed by atoms with Crippen LogP contribution in [0.3, 0.4) is 0 Å². The van der Waals surface area contributed by atoms with Gasteiger partial charge in [-0.3, -0.25) is 5.84 Å². The van der Waals surface area contributed by atoms with Crippen LogP contribution in [0.15, 0.2) is 29.2 Å². The van der Waals surface area contributed by atoms with Gasteiger partial charge in [-0.2, -0.15) is 0 Å². The van der Waals surface area contributed by atoms with Crippen LogP contribution in [-0.4, -0.2) is 39.5 Å². The van der Waals surface area contributed by atoms with Gasteiger partial charge in [0.1, 0.15) is 4.90 Å². The molecule has 0 aliphatic heterocycles. The van der Waals surface area contributed by atoms with Crippen molar-refractivity contribution in [3.8, 4) is 0 Å². The summed E-state index contributed by atoms with van der Waals surface area (Å²) in [5, 5.41) is 0. The van der Waals surface area contributed by atoms with E-state index in [0.717, 1.165) is 26.1 Å². The molecule has 0 saturated carbocycles. The van der Waals surface area contributed by atoms with Crippen LogP contribution in [0.2, 0.25) is 0 Å². The van der Waals surface area contributed by atoms with Gasteiger partial charge in [0, 0.05) is 6.54 Å². The molecular weight excluding hydrogens is 276 g/mol. The van der Waals surface area contributed by atoms with Crippen molar-refractivity contribution in [1.82, 2.24) is 9.62 Å². The summed E-state index contributed by atoms with van der Waals surface area (Å²) in [5.41, 5.74) is 2.79. The molecule has 0 saturated heterocycles. The van der Waals surface area contributed by atoms with Crippen molar-refractivity contribution in [3.05, 3.63) is 24.3 Å². The average Bonchev–Trinajstić information content (AvgIpc) is 2.47. The molecule has 0 aliphatic carbocycles. The molecule has 0 unspecified atom stereocenters. The smallest absolute Gasteiger partial charge is 0.242 e. The number of para-hydroxylation sites is 1. The second-order valence-electron chi connectivity index (χ2n) is 4.42. The van der Waals surface area contributed by atoms with E-state index in [1.807, 2.05) is 0 Å². The topological polar surface area (TPSA) is 87.5 Å². The number of sulfonamides is 1. The fourth-order valence-electron chi connectivity index (χ4n) is 1.95. The molecule has 0 amide bonds. The molecular formula is C13H24N4O2S. The zero-order valence-electron chi connectivity index (χ0n) is 12.1. The second kappa shape index (κ2) is 8.21. The van der Waals surface area contributed by atoms with Crippen molar-refractivity contribution in [3.63, 3.8) is 0 Å². The predicted octanol–water partition coefficient (Wildman–Crippen LogP) is 0.982. The Morgan fingerprint density at radius 3 is 2.45 bits per heavy atom. The van der Waals surface area contributed by atoms with E-state index in [0.29, 0.717) is 12.2 Å². The fourth-order valence-corrected chi connectivity index (χ4v) is 3.19. The van der Waals surface area contributed by atoms with E-state index in [1.54, 1.807) is 18.2 Å². The van der Waals surface area contributed by atoms with E-state index < -0.39 is 10.0 Å². The summed E-state index contributed by atoms with van der Waals surface area (Å²) < 4.78 is 27.0. The van der Waals surface area contributed by atoms with Crippen molar-refractivity contribution in [2.75, 3.05) is 31.6 Å². The molecule has 114 valence electrons. The lowest BCUT2D eigenvalue weighted by Crippen LogP contribution is -2.30. The lowest BCUT2D eigenvalue weighted by Gasteiger charge is -2.18. The first kappa shape index (κ1) is 16.9. The van der Waals surface area contributed by atoms with E-state index in [4.69, 9.17) is 5.84 Å². The minimum atomic E-state index is -3.53. The summed E-state index contributed by atoms with van der Waals surface area (Å²) in [6, 6.07) is 6.56. The monoisotopic (exact) mass is 300 g/mol. The standard InChI is InChI=1S/C13H24N4O2S/c1-3-17(4-2)11-7-10-15-20(18,19)13-9-6-5-8-12(13)16-14/h5-6,8-9,15-16H,3-4,7,10-11,14H2,1-2H3. The second-order valence-corrected chi connectivity index (χ2v) is 6.15. The zero-order chi connectivity index (χ0) is 15.0. The van der Waals surface area contributed by atoms with E-state index in [2.05, 4.69) is 28.9 Å². The van der Waals surface area contributed by atoms with Gasteiger partial charge in [-0.1, -0.05) is 26.0 Å². The lowest BCUT2D eigenvalue weighted by molar-refractivity contribution is 0.300. The molecule has 0 aromatic heterocycles. The maximum absolute atomic E-state index is 12.2. The van der Waals surface area contributed by atoms with Crippen LogP contribution < -0.4 is 16.0 Å². The summed E-state index contributed by atoms with van der Waals surface area (Å²) in [6.45, 7) is 7.43. The van der Waals surface area contributed by atoms with Crippen molar-refractivity contribution < 1.29 is 8.42 Å². The summed E-state index contributed by atoms with van der Waals surface area (Å²) in [5.74, 6) is 5.33. The molecule has 6 nitrogen and oxygen atoms in total. The highest BCUT2D eigenvalue weighted by Crippen LogP contribution is 2.19. The normalized spacial score (nSPS) is 11.8. The van der Waals surface area contributed by atoms with E-state index in [-0.39, 0.29) is 4.90 Å². The number of hydrogen-bond acceptors (Lipinski definition) is 5. The van der Waals surface area contributed by atoms with Crippen molar-refractivity contribution in [1.29, 1.82) is 0 Å². The predicted molar refractivity (Wildman–Crippen MR) is 81.8 cm³/mol. The van der Waals surface area contributed by atoms with Crippen LogP contribution >= 0.6 is 0 Å². The Hall–Kier alpha value is -1.15. The molecule has 7 heteroatoms. The number of nitrogens with two attached hydrogens (primary N) is 1. The van der Waals surface area contributed by atoms with E-state index in [9.17, 15) is 8.42 Å². The SMILES string of the molecule is CCN(CC)CCCNS(=O)(=O)c1ccccc1NN. The summed E-state index contributed by atoms with van der Waals surface area (Å²) in [4.78, 5) is 2.43. The molecule has 0 aliphatic rings. The van der Waals surface area contributed by atoms with Crippen LogP contribution in [0.5, 0.6) is 0 Å². The molecule has 1 aromatic rings. The molecule has 0 radical (unpaired) electrons.